The third-order valence-corrected chi connectivity index (χ3v) is 5.25. The number of nitrogens with one attached hydrogen (secondary N) is 1. The number of thiophene rings is 1. The molecule has 1 aromatic heterocycles. The van der Waals surface area contributed by atoms with E-state index < -0.39 is 0 Å². The Hall–Kier alpha value is -0.870. The highest BCUT2D eigenvalue weighted by Gasteiger charge is 2.21. The molecule has 1 aliphatic rings. The molecule has 0 bridgehead atoms. The fraction of sp³-hybridized carbons (Fsp3) is 0.333. The standard InChI is InChI=1S/C15H15BrFNS/c1-9-7-12(17)11(16)8-14(9)18-13-3-2-4-15-10(13)5-6-19-15/h5-8,13,18H,2-4H2,1H3. The molecule has 0 aliphatic heterocycles. The van der Waals surface area contributed by atoms with Crippen LogP contribution in [0.1, 0.15) is 34.9 Å². The number of halogens is 2. The van der Waals surface area contributed by atoms with Gasteiger partial charge in [0.1, 0.15) is 5.82 Å². The average molecular weight is 340 g/mol. The second-order valence-corrected chi connectivity index (χ2v) is 6.82. The lowest BCUT2D eigenvalue weighted by atomic mass is 9.93. The van der Waals surface area contributed by atoms with Crippen LogP contribution in [0.5, 0.6) is 0 Å². The number of benzene rings is 1. The van der Waals surface area contributed by atoms with Crippen LogP contribution in [0.2, 0.25) is 0 Å². The molecule has 1 nitrogen and oxygen atoms in total. The fourth-order valence-corrected chi connectivity index (χ4v) is 3.96. The van der Waals surface area contributed by atoms with Crippen molar-refractivity contribution in [2.45, 2.75) is 32.2 Å². The summed E-state index contributed by atoms with van der Waals surface area (Å²) in [6.45, 7) is 1.94. The van der Waals surface area contributed by atoms with Crippen molar-refractivity contribution in [3.8, 4) is 0 Å². The van der Waals surface area contributed by atoms with Gasteiger partial charge in [0.25, 0.3) is 0 Å². The maximum atomic E-state index is 13.5. The van der Waals surface area contributed by atoms with E-state index in [-0.39, 0.29) is 5.82 Å². The van der Waals surface area contributed by atoms with Gasteiger partial charge in [-0.2, -0.15) is 0 Å². The Bertz CT molecular complexity index is 608. The van der Waals surface area contributed by atoms with Crippen molar-refractivity contribution in [1.29, 1.82) is 0 Å². The van der Waals surface area contributed by atoms with Crippen LogP contribution in [0.3, 0.4) is 0 Å². The zero-order valence-electron chi connectivity index (χ0n) is 10.7. The van der Waals surface area contributed by atoms with E-state index in [9.17, 15) is 4.39 Å². The number of fused-ring (bicyclic) bond motifs is 1. The molecule has 1 atom stereocenters. The van der Waals surface area contributed by atoms with Gasteiger partial charge in [-0.1, -0.05) is 0 Å². The van der Waals surface area contributed by atoms with Gasteiger partial charge in [-0.25, -0.2) is 4.39 Å². The van der Waals surface area contributed by atoms with Crippen molar-refractivity contribution in [3.05, 3.63) is 49.9 Å². The van der Waals surface area contributed by atoms with Gasteiger partial charge < -0.3 is 5.32 Å². The van der Waals surface area contributed by atoms with E-state index in [2.05, 4.69) is 32.7 Å². The molecule has 1 heterocycles. The Morgan fingerprint density at radius 2 is 2.26 bits per heavy atom. The number of rotatable bonds is 2. The van der Waals surface area contributed by atoms with Gasteiger partial charge in [-0.3, -0.25) is 0 Å². The molecule has 1 aliphatic carbocycles. The Morgan fingerprint density at radius 3 is 3.11 bits per heavy atom. The average Bonchev–Trinajstić information content (AvgIpc) is 2.85. The Balaban J connectivity index is 1.89. The summed E-state index contributed by atoms with van der Waals surface area (Å²) in [6, 6.07) is 5.98. The number of hydrogen-bond acceptors (Lipinski definition) is 2. The Kier molecular flexibility index (Phi) is 3.63. The molecule has 1 aromatic carbocycles. The summed E-state index contributed by atoms with van der Waals surface area (Å²) in [5, 5.41) is 5.73. The summed E-state index contributed by atoms with van der Waals surface area (Å²) in [7, 11) is 0. The van der Waals surface area contributed by atoms with Crippen molar-refractivity contribution in [2.75, 3.05) is 5.32 Å². The fourth-order valence-electron chi connectivity index (χ4n) is 2.63. The predicted molar refractivity (Wildman–Crippen MR) is 82.5 cm³/mol. The molecule has 0 spiro atoms. The summed E-state index contributed by atoms with van der Waals surface area (Å²) in [5.74, 6) is -0.206. The van der Waals surface area contributed by atoms with E-state index >= 15 is 0 Å². The minimum Gasteiger partial charge on any atom is -0.378 e. The summed E-state index contributed by atoms with van der Waals surface area (Å²) in [5.41, 5.74) is 3.37. The molecule has 19 heavy (non-hydrogen) atoms. The maximum Gasteiger partial charge on any atom is 0.137 e. The lowest BCUT2D eigenvalue weighted by Crippen LogP contribution is -2.16. The van der Waals surface area contributed by atoms with Gasteiger partial charge in [0.15, 0.2) is 0 Å². The molecular weight excluding hydrogens is 325 g/mol. The predicted octanol–water partition coefficient (Wildman–Crippen LogP) is 5.45. The molecule has 100 valence electrons. The van der Waals surface area contributed by atoms with E-state index in [0.717, 1.165) is 17.7 Å². The first-order chi connectivity index (χ1) is 9.15. The van der Waals surface area contributed by atoms with Crippen molar-refractivity contribution in [3.63, 3.8) is 0 Å². The van der Waals surface area contributed by atoms with E-state index in [1.807, 2.05) is 24.3 Å². The van der Waals surface area contributed by atoms with Crippen LogP contribution in [-0.2, 0) is 6.42 Å². The Labute approximate surface area is 125 Å². The molecule has 0 fully saturated rings. The van der Waals surface area contributed by atoms with Crippen LogP contribution in [-0.4, -0.2) is 0 Å². The number of anilines is 1. The summed E-state index contributed by atoms with van der Waals surface area (Å²) in [4.78, 5) is 1.49. The molecule has 1 N–H and O–H groups in total. The lowest BCUT2D eigenvalue weighted by molar-refractivity contribution is 0.605. The second-order valence-electron chi connectivity index (χ2n) is 4.97. The molecular formula is C15H15BrFNS. The van der Waals surface area contributed by atoms with Crippen LogP contribution in [0, 0.1) is 12.7 Å². The molecule has 1 unspecified atom stereocenters. The highest BCUT2D eigenvalue weighted by molar-refractivity contribution is 9.10. The van der Waals surface area contributed by atoms with Gasteiger partial charge >= 0.3 is 0 Å². The van der Waals surface area contributed by atoms with Gasteiger partial charge in [-0.15, -0.1) is 11.3 Å². The molecule has 3 rings (SSSR count). The normalized spacial score (nSPS) is 18.2. The van der Waals surface area contributed by atoms with Crippen LogP contribution < -0.4 is 5.32 Å². The van der Waals surface area contributed by atoms with E-state index in [1.165, 1.54) is 23.3 Å². The Morgan fingerprint density at radius 1 is 1.42 bits per heavy atom. The minimum absolute atomic E-state index is 0.206. The summed E-state index contributed by atoms with van der Waals surface area (Å²) >= 11 is 5.10. The second kappa shape index (κ2) is 5.25. The monoisotopic (exact) mass is 339 g/mol. The highest BCUT2D eigenvalue weighted by Crippen LogP contribution is 2.36. The van der Waals surface area contributed by atoms with Crippen LogP contribution in [0.15, 0.2) is 28.1 Å². The summed E-state index contributed by atoms with van der Waals surface area (Å²) in [6.07, 6.45) is 3.54. The molecule has 0 radical (unpaired) electrons. The summed E-state index contributed by atoms with van der Waals surface area (Å²) < 4.78 is 14.0. The first-order valence-electron chi connectivity index (χ1n) is 6.43. The maximum absolute atomic E-state index is 13.5. The quantitative estimate of drug-likeness (QED) is 0.767. The molecule has 2 aromatic rings. The first kappa shape index (κ1) is 13.1. The smallest absolute Gasteiger partial charge is 0.137 e. The van der Waals surface area contributed by atoms with Crippen LogP contribution in [0.25, 0.3) is 0 Å². The van der Waals surface area contributed by atoms with E-state index in [4.69, 9.17) is 0 Å². The van der Waals surface area contributed by atoms with Gasteiger partial charge in [0, 0.05) is 10.6 Å². The zero-order valence-corrected chi connectivity index (χ0v) is 13.1. The van der Waals surface area contributed by atoms with Crippen LogP contribution in [0.4, 0.5) is 10.1 Å². The van der Waals surface area contributed by atoms with Gasteiger partial charge in [-0.05, 0) is 76.8 Å². The minimum atomic E-state index is -0.206. The van der Waals surface area contributed by atoms with Gasteiger partial charge in [0.05, 0.1) is 10.5 Å². The zero-order chi connectivity index (χ0) is 13.4. The van der Waals surface area contributed by atoms with Crippen molar-refractivity contribution in [2.24, 2.45) is 0 Å². The largest absolute Gasteiger partial charge is 0.378 e. The number of hydrogen-bond donors (Lipinski definition) is 1. The number of aryl methyl sites for hydroxylation is 2. The third-order valence-electron chi connectivity index (χ3n) is 3.65. The van der Waals surface area contributed by atoms with Crippen molar-refractivity contribution >= 4 is 33.0 Å². The molecule has 0 saturated carbocycles. The van der Waals surface area contributed by atoms with Gasteiger partial charge in [0.2, 0.25) is 0 Å². The molecule has 4 heteroatoms. The third kappa shape index (κ3) is 2.56. The van der Waals surface area contributed by atoms with Crippen LogP contribution >= 0.6 is 27.3 Å². The van der Waals surface area contributed by atoms with E-state index in [0.29, 0.717) is 10.5 Å². The van der Waals surface area contributed by atoms with E-state index in [1.54, 1.807) is 6.07 Å². The topological polar surface area (TPSA) is 12.0 Å². The molecule has 0 amide bonds. The SMILES string of the molecule is Cc1cc(F)c(Br)cc1NC1CCCc2sccc21. The highest BCUT2D eigenvalue weighted by atomic mass is 79.9. The molecule has 0 saturated heterocycles. The lowest BCUT2D eigenvalue weighted by Gasteiger charge is -2.25. The van der Waals surface area contributed by atoms with Crippen molar-refractivity contribution in [1.82, 2.24) is 0 Å². The van der Waals surface area contributed by atoms with Crippen molar-refractivity contribution < 1.29 is 4.39 Å². The first-order valence-corrected chi connectivity index (χ1v) is 8.11.